The first-order chi connectivity index (χ1) is 9.54. The van der Waals surface area contributed by atoms with E-state index >= 15 is 0 Å². The van der Waals surface area contributed by atoms with Gasteiger partial charge in [0, 0.05) is 6.42 Å². The average molecular weight is 307 g/mol. The first-order valence-corrected chi connectivity index (χ1v) is 7.96. The van der Waals surface area contributed by atoms with E-state index in [9.17, 15) is 9.59 Å². The number of Topliss-reactive ketones (excluding diaryl/α,β-unsaturated/α-hetero) is 1. The molecule has 20 heavy (non-hydrogen) atoms. The highest BCUT2D eigenvalue weighted by Gasteiger charge is 2.23. The summed E-state index contributed by atoms with van der Waals surface area (Å²) < 4.78 is 0. The molecule has 1 aliphatic carbocycles. The molecule has 0 saturated heterocycles. The normalized spacial score (nSPS) is 14.2. The van der Waals surface area contributed by atoms with Gasteiger partial charge in [-0.25, -0.2) is 9.97 Å². The van der Waals surface area contributed by atoms with Gasteiger partial charge in [-0.05, 0) is 26.7 Å². The number of nitrogens with zero attached hydrogens (tertiary/aromatic N) is 2. The van der Waals surface area contributed by atoms with Gasteiger partial charge in [-0.2, -0.15) is 0 Å². The lowest BCUT2D eigenvalue weighted by molar-refractivity contribution is 0.0975. The van der Waals surface area contributed by atoms with Gasteiger partial charge in [0.05, 0.1) is 21.3 Å². The van der Waals surface area contributed by atoms with Crippen LogP contribution in [0.1, 0.15) is 48.6 Å². The number of hydrogen-bond donors (Lipinski definition) is 1. The van der Waals surface area contributed by atoms with Gasteiger partial charge in [-0.1, -0.05) is 11.3 Å². The first-order valence-electron chi connectivity index (χ1n) is 6.33. The average Bonchev–Trinajstić information content (AvgIpc) is 2.93. The van der Waals surface area contributed by atoms with E-state index in [1.807, 2.05) is 13.8 Å². The number of aryl methyl sites for hydroxylation is 3. The van der Waals surface area contributed by atoms with Crippen LogP contribution < -0.4 is 5.32 Å². The molecule has 0 unspecified atom stereocenters. The Morgan fingerprint density at radius 2 is 2.00 bits per heavy atom. The Kier molecular flexibility index (Phi) is 3.39. The van der Waals surface area contributed by atoms with Crippen LogP contribution in [0.15, 0.2) is 0 Å². The minimum atomic E-state index is -0.202. The van der Waals surface area contributed by atoms with Crippen molar-refractivity contribution < 1.29 is 9.59 Å². The van der Waals surface area contributed by atoms with Crippen LogP contribution in [0.5, 0.6) is 0 Å². The second-order valence-corrected chi connectivity index (χ2v) is 6.88. The third-order valence-electron chi connectivity index (χ3n) is 3.10. The maximum absolute atomic E-state index is 12.2. The molecular formula is C13H13N3O2S2. The van der Waals surface area contributed by atoms with Crippen LogP contribution in [0.3, 0.4) is 0 Å². The predicted molar refractivity (Wildman–Crippen MR) is 78.9 cm³/mol. The SMILES string of the molecule is Cc1nc(C)c(C(=O)Nc2nc3c(s2)C(=O)CCC3)s1. The van der Waals surface area contributed by atoms with E-state index in [1.54, 1.807) is 0 Å². The van der Waals surface area contributed by atoms with Crippen LogP contribution in [-0.4, -0.2) is 21.7 Å². The highest BCUT2D eigenvalue weighted by molar-refractivity contribution is 7.18. The number of nitrogens with one attached hydrogen (secondary N) is 1. The Morgan fingerprint density at radius 3 is 2.65 bits per heavy atom. The van der Waals surface area contributed by atoms with E-state index in [2.05, 4.69) is 15.3 Å². The van der Waals surface area contributed by atoms with E-state index in [0.29, 0.717) is 21.3 Å². The topological polar surface area (TPSA) is 72.0 Å². The maximum atomic E-state index is 12.2. The largest absolute Gasteiger partial charge is 0.297 e. The minimum Gasteiger partial charge on any atom is -0.297 e. The molecule has 0 radical (unpaired) electrons. The zero-order chi connectivity index (χ0) is 14.3. The number of carbonyl (C=O) groups excluding carboxylic acids is 2. The van der Waals surface area contributed by atoms with Gasteiger partial charge in [-0.3, -0.25) is 14.9 Å². The zero-order valence-electron chi connectivity index (χ0n) is 11.1. The van der Waals surface area contributed by atoms with E-state index < -0.39 is 0 Å². The first kappa shape index (κ1) is 13.4. The number of thiazole rings is 2. The monoisotopic (exact) mass is 307 g/mol. The molecular weight excluding hydrogens is 294 g/mol. The smallest absolute Gasteiger partial charge is 0.269 e. The number of carbonyl (C=O) groups is 2. The van der Waals surface area contributed by atoms with E-state index in [0.717, 1.165) is 29.2 Å². The molecule has 0 bridgehead atoms. The fourth-order valence-corrected chi connectivity index (χ4v) is 4.01. The molecule has 0 saturated carbocycles. The molecule has 2 aromatic rings. The third-order valence-corrected chi connectivity index (χ3v) is 5.22. The molecule has 1 aliphatic rings. The second-order valence-electron chi connectivity index (χ2n) is 4.67. The summed E-state index contributed by atoms with van der Waals surface area (Å²) in [5, 5.41) is 4.14. The summed E-state index contributed by atoms with van der Waals surface area (Å²) in [5.41, 5.74) is 1.54. The van der Waals surface area contributed by atoms with Gasteiger partial charge in [0.2, 0.25) is 0 Å². The van der Waals surface area contributed by atoms with Crippen LogP contribution in [0.2, 0.25) is 0 Å². The van der Waals surface area contributed by atoms with Crippen LogP contribution in [0, 0.1) is 13.8 Å². The molecule has 1 N–H and O–H groups in total. The molecule has 2 heterocycles. The number of rotatable bonds is 2. The number of ketones is 1. The van der Waals surface area contributed by atoms with Crippen molar-refractivity contribution in [2.75, 3.05) is 5.32 Å². The molecule has 0 fully saturated rings. The number of fused-ring (bicyclic) bond motifs is 1. The molecule has 5 nitrogen and oxygen atoms in total. The molecule has 2 aromatic heterocycles. The van der Waals surface area contributed by atoms with Gasteiger partial charge < -0.3 is 0 Å². The fraction of sp³-hybridized carbons (Fsp3) is 0.385. The van der Waals surface area contributed by atoms with Crippen molar-refractivity contribution >= 4 is 39.5 Å². The Bertz CT molecular complexity index is 703. The Hall–Kier alpha value is -1.60. The molecule has 0 aliphatic heterocycles. The van der Waals surface area contributed by atoms with Gasteiger partial charge in [0.15, 0.2) is 10.9 Å². The summed E-state index contributed by atoms with van der Waals surface area (Å²) in [6.45, 7) is 3.68. The van der Waals surface area contributed by atoms with Crippen molar-refractivity contribution in [2.24, 2.45) is 0 Å². The maximum Gasteiger partial charge on any atom is 0.269 e. The molecule has 7 heteroatoms. The van der Waals surface area contributed by atoms with Gasteiger partial charge in [-0.15, -0.1) is 11.3 Å². The lowest BCUT2D eigenvalue weighted by Gasteiger charge is -2.05. The fourth-order valence-electron chi connectivity index (χ4n) is 2.22. The highest BCUT2D eigenvalue weighted by Crippen LogP contribution is 2.30. The summed E-state index contributed by atoms with van der Waals surface area (Å²) in [6, 6.07) is 0. The predicted octanol–water partition coefficient (Wildman–Crippen LogP) is 2.99. The minimum absolute atomic E-state index is 0.133. The molecule has 104 valence electrons. The summed E-state index contributed by atoms with van der Waals surface area (Å²) in [7, 11) is 0. The number of amides is 1. The lowest BCUT2D eigenvalue weighted by Crippen LogP contribution is -2.11. The van der Waals surface area contributed by atoms with Crippen molar-refractivity contribution in [2.45, 2.75) is 33.1 Å². The van der Waals surface area contributed by atoms with Crippen LogP contribution >= 0.6 is 22.7 Å². The van der Waals surface area contributed by atoms with Crippen molar-refractivity contribution in [3.63, 3.8) is 0 Å². The second kappa shape index (κ2) is 5.06. The number of anilines is 1. The van der Waals surface area contributed by atoms with Gasteiger partial charge in [0.25, 0.3) is 5.91 Å². The highest BCUT2D eigenvalue weighted by atomic mass is 32.1. The quantitative estimate of drug-likeness (QED) is 0.925. The summed E-state index contributed by atoms with van der Waals surface area (Å²) in [4.78, 5) is 33.8. The van der Waals surface area contributed by atoms with Crippen molar-refractivity contribution in [3.8, 4) is 0 Å². The number of aromatic nitrogens is 2. The molecule has 1 amide bonds. The molecule has 0 aromatic carbocycles. The van der Waals surface area contributed by atoms with E-state index in [4.69, 9.17) is 0 Å². The molecule has 3 rings (SSSR count). The van der Waals surface area contributed by atoms with Gasteiger partial charge >= 0.3 is 0 Å². The van der Waals surface area contributed by atoms with E-state index in [1.165, 1.54) is 22.7 Å². The van der Waals surface area contributed by atoms with Crippen LogP contribution in [0.4, 0.5) is 5.13 Å². The summed E-state index contributed by atoms with van der Waals surface area (Å²) in [6.07, 6.45) is 2.23. The van der Waals surface area contributed by atoms with Crippen LogP contribution in [-0.2, 0) is 6.42 Å². The third kappa shape index (κ3) is 2.38. The zero-order valence-corrected chi connectivity index (χ0v) is 12.8. The standard InChI is InChI=1S/C13H13N3O2S2/c1-6-10(19-7(2)14-6)12(18)16-13-15-8-4-3-5-9(17)11(8)20-13/h3-5H2,1-2H3,(H,15,16,18). The Balaban J connectivity index is 1.83. The summed E-state index contributed by atoms with van der Waals surface area (Å²) in [5.74, 6) is -0.0688. The Labute approximate surface area is 124 Å². The van der Waals surface area contributed by atoms with Crippen molar-refractivity contribution in [3.05, 3.63) is 26.1 Å². The Morgan fingerprint density at radius 1 is 1.20 bits per heavy atom. The lowest BCUT2D eigenvalue weighted by atomic mass is 10.0. The van der Waals surface area contributed by atoms with Crippen molar-refractivity contribution in [1.29, 1.82) is 0 Å². The summed E-state index contributed by atoms with van der Waals surface area (Å²) >= 11 is 2.63. The van der Waals surface area contributed by atoms with Gasteiger partial charge in [0.1, 0.15) is 4.88 Å². The molecule has 0 spiro atoms. The number of hydrogen-bond acceptors (Lipinski definition) is 6. The van der Waals surface area contributed by atoms with Crippen molar-refractivity contribution in [1.82, 2.24) is 9.97 Å². The van der Waals surface area contributed by atoms with Crippen LogP contribution in [0.25, 0.3) is 0 Å². The van der Waals surface area contributed by atoms with E-state index in [-0.39, 0.29) is 11.7 Å². The molecule has 0 atom stereocenters.